The molecule has 1 amide bonds. The van der Waals surface area contributed by atoms with Crippen LogP contribution in [0.3, 0.4) is 0 Å². The molecule has 2 aromatic rings. The lowest BCUT2D eigenvalue weighted by molar-refractivity contribution is -0.384. The van der Waals surface area contributed by atoms with Gasteiger partial charge in [-0.1, -0.05) is 26.0 Å². The number of hydrogen-bond donors (Lipinski definition) is 1. The number of nitro groups is 1. The molecule has 1 aromatic heterocycles. The van der Waals surface area contributed by atoms with E-state index < -0.39 is 10.8 Å². The number of nitrogens with zero attached hydrogens (tertiary/aromatic N) is 3. The molecule has 0 spiro atoms. The molecule has 0 aliphatic carbocycles. The Hall–Kier alpha value is -3.40. The third-order valence-corrected chi connectivity index (χ3v) is 4.43. The lowest BCUT2D eigenvalue weighted by Gasteiger charge is -2.12. The van der Waals surface area contributed by atoms with Crippen LogP contribution in [-0.4, -0.2) is 15.4 Å². The van der Waals surface area contributed by atoms with Gasteiger partial charge in [-0.2, -0.15) is 5.26 Å². The fourth-order valence-corrected chi connectivity index (χ4v) is 2.94. The van der Waals surface area contributed by atoms with Crippen LogP contribution in [0.15, 0.2) is 35.9 Å². The highest BCUT2D eigenvalue weighted by molar-refractivity contribution is 6.01. The summed E-state index contributed by atoms with van der Waals surface area (Å²) in [6.45, 7) is 9.32. The number of carbonyl (C=O) groups excluding carboxylic acids is 1. The summed E-state index contributed by atoms with van der Waals surface area (Å²) in [6.07, 6.45) is 1.60. The number of rotatable bonds is 7. The predicted molar refractivity (Wildman–Crippen MR) is 107 cm³/mol. The number of benzene rings is 1. The molecule has 1 N–H and O–H groups in total. The second kappa shape index (κ2) is 9.00. The van der Waals surface area contributed by atoms with E-state index in [1.54, 1.807) is 18.2 Å². The zero-order chi connectivity index (χ0) is 20.8. The molecular formula is C21H24N4O3. The third-order valence-electron chi connectivity index (χ3n) is 4.43. The van der Waals surface area contributed by atoms with Crippen molar-refractivity contribution in [2.24, 2.45) is 5.92 Å². The molecular weight excluding hydrogens is 356 g/mol. The highest BCUT2D eigenvalue weighted by atomic mass is 16.6. The minimum Gasteiger partial charge on any atom is -0.348 e. The molecule has 0 unspecified atom stereocenters. The zero-order valence-electron chi connectivity index (χ0n) is 16.5. The first-order valence-corrected chi connectivity index (χ1v) is 9.03. The zero-order valence-corrected chi connectivity index (χ0v) is 16.5. The molecule has 0 aliphatic rings. The SMILES string of the molecule is Cc1cc(C=C(C#N)C(=O)NCc2ccc([N+](=O)[O-])cc2)c(C)n1CC(C)C. The van der Waals surface area contributed by atoms with Crippen LogP contribution in [-0.2, 0) is 17.9 Å². The average molecular weight is 380 g/mol. The number of amides is 1. The molecule has 7 nitrogen and oxygen atoms in total. The Labute approximate surface area is 164 Å². The van der Waals surface area contributed by atoms with Crippen LogP contribution >= 0.6 is 0 Å². The summed E-state index contributed by atoms with van der Waals surface area (Å²) in [5, 5.41) is 22.8. The first kappa shape index (κ1) is 20.9. The second-order valence-electron chi connectivity index (χ2n) is 7.11. The van der Waals surface area contributed by atoms with E-state index in [0.717, 1.165) is 23.5 Å². The maximum atomic E-state index is 12.4. The summed E-state index contributed by atoms with van der Waals surface area (Å²) >= 11 is 0. The third kappa shape index (κ3) is 5.07. The maximum Gasteiger partial charge on any atom is 0.269 e. The number of nitro benzene ring substituents is 1. The second-order valence-corrected chi connectivity index (χ2v) is 7.11. The Balaban J connectivity index is 2.13. The summed E-state index contributed by atoms with van der Waals surface area (Å²) in [5.74, 6) is 0.0107. The lowest BCUT2D eigenvalue weighted by Crippen LogP contribution is -2.23. The summed E-state index contributed by atoms with van der Waals surface area (Å²) in [5.41, 5.74) is 3.67. The van der Waals surface area contributed by atoms with Gasteiger partial charge in [0.15, 0.2) is 0 Å². The fourth-order valence-electron chi connectivity index (χ4n) is 2.94. The van der Waals surface area contributed by atoms with Crippen molar-refractivity contribution >= 4 is 17.7 Å². The van der Waals surface area contributed by atoms with Gasteiger partial charge in [-0.25, -0.2) is 0 Å². The number of non-ortho nitro benzene ring substituents is 1. The monoisotopic (exact) mass is 380 g/mol. The first-order valence-electron chi connectivity index (χ1n) is 9.03. The molecule has 7 heteroatoms. The van der Waals surface area contributed by atoms with Crippen molar-refractivity contribution in [1.29, 1.82) is 5.26 Å². The average Bonchev–Trinajstić information content (AvgIpc) is 2.91. The standard InChI is InChI=1S/C21H24N4O3/c1-14(2)13-24-15(3)9-18(16(24)4)10-19(11-22)21(26)23-12-17-5-7-20(8-6-17)25(27)28/h5-10,14H,12-13H2,1-4H3,(H,23,26). The van der Waals surface area contributed by atoms with Gasteiger partial charge >= 0.3 is 0 Å². The Morgan fingerprint density at radius 1 is 1.32 bits per heavy atom. The Kier molecular flexibility index (Phi) is 6.72. The molecule has 0 saturated carbocycles. The summed E-state index contributed by atoms with van der Waals surface area (Å²) in [4.78, 5) is 22.6. The molecule has 0 atom stereocenters. The van der Waals surface area contributed by atoms with Crippen LogP contribution < -0.4 is 5.32 Å². The van der Waals surface area contributed by atoms with Crippen LogP contribution in [0.1, 0.15) is 36.4 Å². The van der Waals surface area contributed by atoms with E-state index in [9.17, 15) is 20.2 Å². The van der Waals surface area contributed by atoms with Crippen molar-refractivity contribution in [3.63, 3.8) is 0 Å². The van der Waals surface area contributed by atoms with Gasteiger partial charge < -0.3 is 9.88 Å². The van der Waals surface area contributed by atoms with Crippen molar-refractivity contribution in [3.8, 4) is 6.07 Å². The number of aromatic nitrogens is 1. The van der Waals surface area contributed by atoms with E-state index in [0.29, 0.717) is 11.5 Å². The number of nitrogens with one attached hydrogen (secondary N) is 1. The van der Waals surface area contributed by atoms with Gasteiger partial charge in [0.25, 0.3) is 11.6 Å². The van der Waals surface area contributed by atoms with Crippen LogP contribution in [0.25, 0.3) is 6.08 Å². The summed E-state index contributed by atoms with van der Waals surface area (Å²) in [6, 6.07) is 9.85. The molecule has 0 saturated heterocycles. The smallest absolute Gasteiger partial charge is 0.269 e. The first-order chi connectivity index (χ1) is 13.2. The van der Waals surface area contributed by atoms with Crippen molar-refractivity contribution < 1.29 is 9.72 Å². The fraction of sp³-hybridized carbons (Fsp3) is 0.333. The van der Waals surface area contributed by atoms with E-state index in [1.165, 1.54) is 12.1 Å². The quantitative estimate of drug-likeness (QED) is 0.341. The Morgan fingerprint density at radius 2 is 1.96 bits per heavy atom. The van der Waals surface area contributed by atoms with E-state index in [4.69, 9.17) is 0 Å². The maximum absolute atomic E-state index is 12.4. The van der Waals surface area contributed by atoms with Crippen LogP contribution in [0.2, 0.25) is 0 Å². The largest absolute Gasteiger partial charge is 0.348 e. The van der Waals surface area contributed by atoms with E-state index in [2.05, 4.69) is 23.7 Å². The Morgan fingerprint density at radius 3 is 2.50 bits per heavy atom. The Bertz CT molecular complexity index is 947. The van der Waals surface area contributed by atoms with Gasteiger partial charge in [-0.15, -0.1) is 0 Å². The molecule has 28 heavy (non-hydrogen) atoms. The van der Waals surface area contributed by atoms with Gasteiger partial charge in [-0.05, 0) is 43.0 Å². The van der Waals surface area contributed by atoms with Crippen LogP contribution in [0, 0.1) is 41.2 Å². The van der Waals surface area contributed by atoms with Gasteiger partial charge in [0.1, 0.15) is 11.6 Å². The molecule has 0 fully saturated rings. The van der Waals surface area contributed by atoms with Crippen molar-refractivity contribution in [2.45, 2.75) is 40.8 Å². The number of hydrogen-bond acceptors (Lipinski definition) is 4. The lowest BCUT2D eigenvalue weighted by atomic mass is 10.1. The highest BCUT2D eigenvalue weighted by Crippen LogP contribution is 2.20. The van der Waals surface area contributed by atoms with Crippen LogP contribution in [0.4, 0.5) is 5.69 Å². The minimum absolute atomic E-state index is 0.00978. The van der Waals surface area contributed by atoms with E-state index in [1.807, 2.05) is 26.0 Å². The van der Waals surface area contributed by atoms with Gasteiger partial charge in [0, 0.05) is 36.6 Å². The van der Waals surface area contributed by atoms with Gasteiger partial charge in [0.05, 0.1) is 4.92 Å². The molecule has 2 rings (SSSR count). The summed E-state index contributed by atoms with van der Waals surface area (Å²) < 4.78 is 2.18. The molecule has 146 valence electrons. The normalized spacial score (nSPS) is 11.4. The van der Waals surface area contributed by atoms with E-state index >= 15 is 0 Å². The number of aryl methyl sites for hydroxylation is 1. The van der Waals surface area contributed by atoms with Crippen LogP contribution in [0.5, 0.6) is 0 Å². The minimum atomic E-state index is -0.478. The van der Waals surface area contributed by atoms with Crippen molar-refractivity contribution in [3.05, 3.63) is 68.5 Å². The predicted octanol–water partition coefficient (Wildman–Crippen LogP) is 3.89. The molecule has 1 aromatic carbocycles. The molecule has 0 bridgehead atoms. The van der Waals surface area contributed by atoms with E-state index in [-0.39, 0.29) is 17.8 Å². The molecule has 0 aliphatic heterocycles. The van der Waals surface area contributed by atoms with Crippen molar-refractivity contribution in [2.75, 3.05) is 0 Å². The van der Waals surface area contributed by atoms with Crippen molar-refractivity contribution in [1.82, 2.24) is 9.88 Å². The topological polar surface area (TPSA) is 101 Å². The van der Waals surface area contributed by atoms with Gasteiger partial charge in [0.2, 0.25) is 0 Å². The number of nitriles is 1. The summed E-state index contributed by atoms with van der Waals surface area (Å²) in [7, 11) is 0. The molecule has 0 radical (unpaired) electrons. The highest BCUT2D eigenvalue weighted by Gasteiger charge is 2.13. The number of carbonyl (C=O) groups is 1. The molecule has 1 heterocycles. The van der Waals surface area contributed by atoms with Gasteiger partial charge in [-0.3, -0.25) is 14.9 Å².